The second kappa shape index (κ2) is 8.62. The van der Waals surface area contributed by atoms with Gasteiger partial charge in [-0.1, -0.05) is 11.6 Å². The summed E-state index contributed by atoms with van der Waals surface area (Å²) in [7, 11) is -0.473. The van der Waals surface area contributed by atoms with Crippen molar-refractivity contribution in [1.82, 2.24) is 18.9 Å². The zero-order chi connectivity index (χ0) is 22.2. The Morgan fingerprint density at radius 2 is 1.84 bits per heavy atom. The third-order valence-electron chi connectivity index (χ3n) is 5.46. The molecule has 0 unspecified atom stereocenters. The summed E-state index contributed by atoms with van der Waals surface area (Å²) in [6.45, 7) is 0. The van der Waals surface area contributed by atoms with E-state index >= 15 is 0 Å². The van der Waals surface area contributed by atoms with Crippen molar-refractivity contribution in [3.05, 3.63) is 41.6 Å². The zero-order valence-electron chi connectivity index (χ0n) is 17.4. The SMILES string of the molecule is CN(C)S(=O)(=O)c1ccc(Nc2cc(N[C@H]3CC[C@H](N)CC3)nc3c(Cl)cnn23)cc1. The summed E-state index contributed by atoms with van der Waals surface area (Å²) in [4.78, 5) is 4.84. The van der Waals surface area contributed by atoms with Gasteiger partial charge in [-0.05, 0) is 49.9 Å². The largest absolute Gasteiger partial charge is 0.367 e. The van der Waals surface area contributed by atoms with Gasteiger partial charge in [0.1, 0.15) is 16.7 Å². The van der Waals surface area contributed by atoms with E-state index in [9.17, 15) is 8.42 Å². The second-order valence-electron chi connectivity index (χ2n) is 7.95. The molecule has 3 aromatic rings. The molecule has 0 aliphatic heterocycles. The average molecular weight is 464 g/mol. The zero-order valence-corrected chi connectivity index (χ0v) is 19.0. The van der Waals surface area contributed by atoms with E-state index in [0.29, 0.717) is 34.0 Å². The molecule has 1 saturated carbocycles. The van der Waals surface area contributed by atoms with E-state index in [1.165, 1.54) is 18.4 Å². The van der Waals surface area contributed by atoms with Crippen molar-refractivity contribution in [2.24, 2.45) is 5.73 Å². The van der Waals surface area contributed by atoms with E-state index in [4.69, 9.17) is 17.3 Å². The monoisotopic (exact) mass is 463 g/mol. The third-order valence-corrected chi connectivity index (χ3v) is 7.55. The van der Waals surface area contributed by atoms with Crippen LogP contribution in [0.1, 0.15) is 25.7 Å². The number of nitrogens with two attached hydrogens (primary N) is 1. The lowest BCUT2D eigenvalue weighted by Gasteiger charge is -2.27. The summed E-state index contributed by atoms with van der Waals surface area (Å²) in [6.07, 6.45) is 5.50. The molecule has 1 fully saturated rings. The maximum Gasteiger partial charge on any atom is 0.242 e. The van der Waals surface area contributed by atoms with E-state index < -0.39 is 10.0 Å². The molecule has 0 spiro atoms. The Labute approximate surface area is 186 Å². The van der Waals surface area contributed by atoms with Gasteiger partial charge in [0, 0.05) is 37.9 Å². The highest BCUT2D eigenvalue weighted by atomic mass is 35.5. The fourth-order valence-corrected chi connectivity index (χ4v) is 4.71. The molecule has 1 aromatic carbocycles. The highest BCUT2D eigenvalue weighted by Gasteiger charge is 2.20. The van der Waals surface area contributed by atoms with Crippen LogP contribution >= 0.6 is 11.6 Å². The highest BCUT2D eigenvalue weighted by molar-refractivity contribution is 7.89. The van der Waals surface area contributed by atoms with Crippen LogP contribution in [0.25, 0.3) is 5.65 Å². The van der Waals surface area contributed by atoms with Crippen LogP contribution in [0, 0.1) is 0 Å². The Morgan fingerprint density at radius 1 is 1.16 bits per heavy atom. The number of halogens is 1. The molecule has 4 rings (SSSR count). The molecule has 11 heteroatoms. The van der Waals surface area contributed by atoms with Crippen LogP contribution < -0.4 is 16.4 Å². The van der Waals surface area contributed by atoms with Gasteiger partial charge in [-0.25, -0.2) is 17.7 Å². The van der Waals surface area contributed by atoms with Crippen LogP contribution in [0.15, 0.2) is 41.4 Å². The van der Waals surface area contributed by atoms with E-state index in [2.05, 4.69) is 20.7 Å². The van der Waals surface area contributed by atoms with Gasteiger partial charge in [0.25, 0.3) is 0 Å². The van der Waals surface area contributed by atoms with E-state index in [1.54, 1.807) is 35.0 Å². The van der Waals surface area contributed by atoms with Crippen molar-refractivity contribution in [3.63, 3.8) is 0 Å². The molecule has 0 amide bonds. The predicted molar refractivity (Wildman–Crippen MR) is 122 cm³/mol. The second-order valence-corrected chi connectivity index (χ2v) is 10.5. The number of anilines is 3. The summed E-state index contributed by atoms with van der Waals surface area (Å²) in [6, 6.07) is 9.00. The van der Waals surface area contributed by atoms with E-state index in [-0.39, 0.29) is 10.9 Å². The van der Waals surface area contributed by atoms with Crippen LogP contribution in [-0.4, -0.2) is 53.5 Å². The van der Waals surface area contributed by atoms with Gasteiger partial charge < -0.3 is 16.4 Å². The quantitative estimate of drug-likeness (QED) is 0.514. The first-order valence-corrected chi connectivity index (χ1v) is 11.9. The molecule has 0 radical (unpaired) electrons. The first-order chi connectivity index (χ1) is 14.7. The predicted octanol–water partition coefficient (Wildman–Crippen LogP) is 3.06. The van der Waals surface area contributed by atoms with Gasteiger partial charge in [0.15, 0.2) is 5.65 Å². The van der Waals surface area contributed by atoms with Crippen LogP contribution in [0.5, 0.6) is 0 Å². The number of hydrogen-bond acceptors (Lipinski definition) is 7. The molecule has 1 aliphatic carbocycles. The molecule has 0 saturated heterocycles. The topological polar surface area (TPSA) is 118 Å². The average Bonchev–Trinajstić information content (AvgIpc) is 3.11. The maximum absolute atomic E-state index is 12.3. The lowest BCUT2D eigenvalue weighted by molar-refractivity contribution is 0.410. The van der Waals surface area contributed by atoms with Crippen molar-refractivity contribution in [2.45, 2.75) is 42.7 Å². The fourth-order valence-electron chi connectivity index (χ4n) is 3.64. The number of benzene rings is 1. The Bertz CT molecular complexity index is 1170. The first-order valence-electron chi connectivity index (χ1n) is 10.1. The summed E-state index contributed by atoms with van der Waals surface area (Å²) in [5.41, 5.74) is 7.26. The smallest absolute Gasteiger partial charge is 0.242 e. The standard InChI is InChI=1S/C20H26ClN7O2S/c1-27(2)31(29,30)16-9-7-15(8-10-16)25-19-11-18(24-14-5-3-13(22)4-6-14)26-20-17(21)12-23-28(19)20/h7-14,25H,3-6,22H2,1-2H3,(H,24,26)/t13-,14-. The van der Waals surface area contributed by atoms with Crippen LogP contribution in [0.4, 0.5) is 17.3 Å². The Kier molecular flexibility index (Phi) is 6.07. The molecule has 2 aromatic heterocycles. The number of nitrogens with zero attached hydrogens (tertiary/aromatic N) is 4. The molecule has 1 aliphatic rings. The van der Waals surface area contributed by atoms with Crippen molar-refractivity contribution in [3.8, 4) is 0 Å². The van der Waals surface area contributed by atoms with Gasteiger partial charge in [-0.2, -0.15) is 9.61 Å². The fraction of sp³-hybridized carbons (Fsp3) is 0.400. The van der Waals surface area contributed by atoms with Gasteiger partial charge in [-0.15, -0.1) is 0 Å². The molecule has 9 nitrogen and oxygen atoms in total. The third kappa shape index (κ3) is 4.62. The molecule has 0 atom stereocenters. The van der Waals surface area contributed by atoms with Gasteiger partial charge in [0.05, 0.1) is 11.1 Å². The Morgan fingerprint density at radius 3 is 2.48 bits per heavy atom. The van der Waals surface area contributed by atoms with Crippen molar-refractivity contribution in [1.29, 1.82) is 0 Å². The van der Waals surface area contributed by atoms with E-state index in [1.807, 2.05) is 6.07 Å². The van der Waals surface area contributed by atoms with Gasteiger partial charge >= 0.3 is 0 Å². The number of aromatic nitrogens is 3. The van der Waals surface area contributed by atoms with Gasteiger partial charge in [-0.3, -0.25) is 0 Å². The molecule has 166 valence electrons. The molecular formula is C20H26ClN7O2S. The highest BCUT2D eigenvalue weighted by Crippen LogP contribution is 2.27. The van der Waals surface area contributed by atoms with Crippen molar-refractivity contribution < 1.29 is 8.42 Å². The molecule has 2 heterocycles. The molecule has 4 N–H and O–H groups in total. The maximum atomic E-state index is 12.3. The minimum atomic E-state index is -3.48. The number of sulfonamides is 1. The molecule has 31 heavy (non-hydrogen) atoms. The molecular weight excluding hydrogens is 438 g/mol. The van der Waals surface area contributed by atoms with Gasteiger partial charge in [0.2, 0.25) is 10.0 Å². The summed E-state index contributed by atoms with van der Waals surface area (Å²) >= 11 is 6.29. The van der Waals surface area contributed by atoms with Crippen molar-refractivity contribution >= 4 is 44.6 Å². The normalized spacial score (nSPS) is 19.6. The molecule has 0 bridgehead atoms. The number of nitrogens with one attached hydrogen (secondary N) is 2. The first kappa shape index (κ1) is 21.8. The lowest BCUT2D eigenvalue weighted by Crippen LogP contribution is -2.33. The summed E-state index contributed by atoms with van der Waals surface area (Å²) in [5.74, 6) is 1.36. The summed E-state index contributed by atoms with van der Waals surface area (Å²) < 4.78 is 27.4. The number of rotatable bonds is 6. The number of fused-ring (bicyclic) bond motifs is 1. The van der Waals surface area contributed by atoms with E-state index in [0.717, 1.165) is 25.7 Å². The van der Waals surface area contributed by atoms with Crippen LogP contribution in [0.3, 0.4) is 0 Å². The lowest BCUT2D eigenvalue weighted by atomic mass is 9.92. The Balaban J connectivity index is 1.61. The minimum absolute atomic E-state index is 0.225. The Hall–Kier alpha value is -2.40. The summed E-state index contributed by atoms with van der Waals surface area (Å²) in [5, 5.41) is 11.5. The number of hydrogen-bond donors (Lipinski definition) is 3. The van der Waals surface area contributed by atoms with Crippen LogP contribution in [-0.2, 0) is 10.0 Å². The minimum Gasteiger partial charge on any atom is -0.367 e. The van der Waals surface area contributed by atoms with Crippen LogP contribution in [0.2, 0.25) is 5.02 Å². The van der Waals surface area contributed by atoms with Crippen molar-refractivity contribution in [2.75, 3.05) is 24.7 Å².